The zero-order valence-corrected chi connectivity index (χ0v) is 10.4. The number of hydrogen-bond acceptors (Lipinski definition) is 2. The van der Waals surface area contributed by atoms with E-state index in [9.17, 15) is 0 Å². The molecule has 3 heteroatoms. The van der Waals surface area contributed by atoms with E-state index >= 15 is 0 Å². The Morgan fingerprint density at radius 1 is 1.56 bits per heavy atom. The molecule has 90 valence electrons. The maximum Gasteiger partial charge on any atom is 0.0521 e. The highest BCUT2D eigenvalue weighted by atomic mass is 15.3. The number of piperidine rings is 1. The van der Waals surface area contributed by atoms with Crippen LogP contribution in [0, 0.1) is 11.8 Å². The normalized spacial score (nSPS) is 21.6. The Balaban J connectivity index is 1.86. The average Bonchev–Trinajstić information content (AvgIpc) is 2.66. The number of nitrogens with zero attached hydrogens (tertiary/aromatic N) is 2. The smallest absolute Gasteiger partial charge is 0.0521 e. The van der Waals surface area contributed by atoms with Gasteiger partial charge in [0.1, 0.15) is 0 Å². The van der Waals surface area contributed by atoms with E-state index in [4.69, 9.17) is 0 Å². The molecule has 0 amide bonds. The standard InChI is InChI=1S/C13H23N3/c1-11(2)9-16-10-13(8-15-16)6-12-4-3-5-14-7-12/h8,10-12,14H,3-7,9H2,1-2H3. The van der Waals surface area contributed by atoms with Gasteiger partial charge in [-0.1, -0.05) is 13.8 Å². The minimum atomic E-state index is 0.670. The zero-order valence-electron chi connectivity index (χ0n) is 10.4. The second-order valence-electron chi connectivity index (χ2n) is 5.38. The van der Waals surface area contributed by atoms with Gasteiger partial charge in [0.2, 0.25) is 0 Å². The van der Waals surface area contributed by atoms with Gasteiger partial charge in [-0.25, -0.2) is 0 Å². The molecule has 2 heterocycles. The van der Waals surface area contributed by atoms with Crippen molar-refractivity contribution in [2.24, 2.45) is 11.8 Å². The van der Waals surface area contributed by atoms with Crippen molar-refractivity contribution in [2.45, 2.75) is 39.7 Å². The maximum atomic E-state index is 4.42. The Labute approximate surface area is 98.2 Å². The van der Waals surface area contributed by atoms with E-state index < -0.39 is 0 Å². The van der Waals surface area contributed by atoms with Gasteiger partial charge in [-0.05, 0) is 49.8 Å². The van der Waals surface area contributed by atoms with Crippen molar-refractivity contribution in [3.05, 3.63) is 18.0 Å². The molecule has 16 heavy (non-hydrogen) atoms. The Morgan fingerprint density at radius 2 is 2.44 bits per heavy atom. The second kappa shape index (κ2) is 5.48. The summed E-state index contributed by atoms with van der Waals surface area (Å²) < 4.78 is 2.08. The Bertz CT molecular complexity index is 311. The highest BCUT2D eigenvalue weighted by molar-refractivity contribution is 5.05. The second-order valence-corrected chi connectivity index (χ2v) is 5.38. The number of hydrogen-bond donors (Lipinski definition) is 1. The van der Waals surface area contributed by atoms with Gasteiger partial charge >= 0.3 is 0 Å². The zero-order chi connectivity index (χ0) is 11.4. The summed E-state index contributed by atoms with van der Waals surface area (Å²) in [5.41, 5.74) is 1.40. The van der Waals surface area contributed by atoms with E-state index in [0.29, 0.717) is 5.92 Å². The highest BCUT2D eigenvalue weighted by Gasteiger charge is 2.14. The fourth-order valence-electron chi connectivity index (χ4n) is 2.42. The maximum absolute atomic E-state index is 4.42. The topological polar surface area (TPSA) is 29.9 Å². The molecule has 1 aromatic heterocycles. The minimum Gasteiger partial charge on any atom is -0.316 e. The van der Waals surface area contributed by atoms with Crippen molar-refractivity contribution in [2.75, 3.05) is 13.1 Å². The van der Waals surface area contributed by atoms with Crippen LogP contribution in [0.5, 0.6) is 0 Å². The van der Waals surface area contributed by atoms with Gasteiger partial charge in [-0.2, -0.15) is 5.10 Å². The fraction of sp³-hybridized carbons (Fsp3) is 0.769. The lowest BCUT2D eigenvalue weighted by Gasteiger charge is -2.21. The number of nitrogens with one attached hydrogen (secondary N) is 1. The fourth-order valence-corrected chi connectivity index (χ4v) is 2.42. The molecule has 1 aromatic rings. The predicted octanol–water partition coefficient (Wildman–Crippen LogP) is 2.08. The lowest BCUT2D eigenvalue weighted by molar-refractivity contribution is 0.376. The third-order valence-electron chi connectivity index (χ3n) is 3.16. The molecule has 0 bridgehead atoms. The van der Waals surface area contributed by atoms with E-state index in [0.717, 1.165) is 12.5 Å². The molecule has 1 N–H and O–H groups in total. The molecule has 1 aliphatic rings. The molecule has 1 fully saturated rings. The summed E-state index contributed by atoms with van der Waals surface area (Å²) in [7, 11) is 0. The lowest BCUT2D eigenvalue weighted by atomic mass is 9.94. The van der Waals surface area contributed by atoms with Gasteiger partial charge in [-0.3, -0.25) is 4.68 Å². The summed E-state index contributed by atoms with van der Waals surface area (Å²) in [6.45, 7) is 7.86. The van der Waals surface area contributed by atoms with Crippen LogP contribution in [0.2, 0.25) is 0 Å². The quantitative estimate of drug-likeness (QED) is 0.843. The molecule has 1 aliphatic heterocycles. The Kier molecular flexibility index (Phi) is 3.99. The van der Waals surface area contributed by atoms with Crippen LogP contribution in [0.15, 0.2) is 12.4 Å². The summed E-state index contributed by atoms with van der Waals surface area (Å²) in [5, 5.41) is 7.88. The molecule has 0 radical (unpaired) electrons. The van der Waals surface area contributed by atoms with Crippen molar-refractivity contribution < 1.29 is 0 Å². The predicted molar refractivity (Wildman–Crippen MR) is 66.4 cm³/mol. The summed E-state index contributed by atoms with van der Waals surface area (Å²) in [6.07, 6.45) is 8.13. The number of aromatic nitrogens is 2. The van der Waals surface area contributed by atoms with Crippen molar-refractivity contribution in [3.8, 4) is 0 Å². The first-order valence-corrected chi connectivity index (χ1v) is 6.46. The van der Waals surface area contributed by atoms with Gasteiger partial charge in [0.15, 0.2) is 0 Å². The van der Waals surface area contributed by atoms with Gasteiger partial charge in [0.25, 0.3) is 0 Å². The monoisotopic (exact) mass is 221 g/mol. The summed E-state index contributed by atoms with van der Waals surface area (Å²) >= 11 is 0. The SMILES string of the molecule is CC(C)Cn1cc(CC2CCCNC2)cn1. The average molecular weight is 221 g/mol. The Hall–Kier alpha value is -0.830. The van der Waals surface area contributed by atoms with Crippen LogP contribution in [0.25, 0.3) is 0 Å². The first kappa shape index (κ1) is 11.6. The number of rotatable bonds is 4. The van der Waals surface area contributed by atoms with Crippen LogP contribution in [-0.4, -0.2) is 22.9 Å². The van der Waals surface area contributed by atoms with Crippen LogP contribution >= 0.6 is 0 Å². The van der Waals surface area contributed by atoms with Gasteiger partial charge in [-0.15, -0.1) is 0 Å². The van der Waals surface area contributed by atoms with Gasteiger partial charge in [0, 0.05) is 12.7 Å². The van der Waals surface area contributed by atoms with Crippen LogP contribution < -0.4 is 5.32 Å². The molecule has 0 aromatic carbocycles. The summed E-state index contributed by atoms with van der Waals surface area (Å²) in [6, 6.07) is 0. The van der Waals surface area contributed by atoms with Gasteiger partial charge in [0.05, 0.1) is 6.20 Å². The molecule has 3 nitrogen and oxygen atoms in total. The third-order valence-corrected chi connectivity index (χ3v) is 3.16. The molecular weight excluding hydrogens is 198 g/mol. The Morgan fingerprint density at radius 3 is 3.12 bits per heavy atom. The van der Waals surface area contributed by atoms with E-state index in [1.54, 1.807) is 0 Å². The molecule has 2 rings (SSSR count). The third kappa shape index (κ3) is 3.34. The first-order valence-electron chi connectivity index (χ1n) is 6.46. The molecule has 1 atom stereocenters. The van der Waals surface area contributed by atoms with Gasteiger partial charge < -0.3 is 5.32 Å². The lowest BCUT2D eigenvalue weighted by Crippen LogP contribution is -2.30. The van der Waals surface area contributed by atoms with E-state index in [1.807, 2.05) is 6.20 Å². The van der Waals surface area contributed by atoms with Crippen LogP contribution in [0.3, 0.4) is 0 Å². The van der Waals surface area contributed by atoms with Crippen molar-refractivity contribution in [1.29, 1.82) is 0 Å². The molecule has 1 saturated heterocycles. The van der Waals surface area contributed by atoms with E-state index in [1.165, 1.54) is 37.9 Å². The largest absolute Gasteiger partial charge is 0.316 e. The molecular formula is C13H23N3. The molecule has 1 unspecified atom stereocenters. The molecule has 0 spiro atoms. The summed E-state index contributed by atoms with van der Waals surface area (Å²) in [5.74, 6) is 1.48. The first-order chi connectivity index (χ1) is 7.74. The van der Waals surface area contributed by atoms with Crippen LogP contribution in [-0.2, 0) is 13.0 Å². The van der Waals surface area contributed by atoms with E-state index in [2.05, 4.69) is 35.1 Å². The summed E-state index contributed by atoms with van der Waals surface area (Å²) in [4.78, 5) is 0. The van der Waals surface area contributed by atoms with Crippen LogP contribution in [0.1, 0.15) is 32.3 Å². The van der Waals surface area contributed by atoms with E-state index in [-0.39, 0.29) is 0 Å². The highest BCUT2D eigenvalue weighted by Crippen LogP contribution is 2.16. The van der Waals surface area contributed by atoms with Crippen molar-refractivity contribution >= 4 is 0 Å². The van der Waals surface area contributed by atoms with Crippen molar-refractivity contribution in [1.82, 2.24) is 15.1 Å². The van der Waals surface area contributed by atoms with Crippen LogP contribution in [0.4, 0.5) is 0 Å². The molecule has 0 aliphatic carbocycles. The minimum absolute atomic E-state index is 0.670. The van der Waals surface area contributed by atoms with Crippen molar-refractivity contribution in [3.63, 3.8) is 0 Å². The molecule has 0 saturated carbocycles.